The van der Waals surface area contributed by atoms with Crippen molar-refractivity contribution in [2.24, 2.45) is 0 Å². The van der Waals surface area contributed by atoms with E-state index >= 15 is 0 Å². The molecule has 2 nitrogen and oxygen atoms in total. The highest BCUT2D eigenvalue weighted by Crippen LogP contribution is 2.07. The van der Waals surface area contributed by atoms with Gasteiger partial charge >= 0.3 is 0 Å². The fourth-order valence-corrected chi connectivity index (χ4v) is 1.43. The summed E-state index contributed by atoms with van der Waals surface area (Å²) in [6.07, 6.45) is -0.0467. The van der Waals surface area contributed by atoms with Crippen molar-refractivity contribution in [3.05, 3.63) is 22.4 Å². The van der Waals surface area contributed by atoms with E-state index in [9.17, 15) is 0 Å². The van der Waals surface area contributed by atoms with Crippen LogP contribution in [0.4, 0.5) is 0 Å². The molecule has 56 valence electrons. The number of hydrogen-bond acceptors (Lipinski definition) is 3. The van der Waals surface area contributed by atoms with Crippen molar-refractivity contribution >= 4 is 11.3 Å². The molecule has 1 aromatic heterocycles. The van der Waals surface area contributed by atoms with E-state index in [0.29, 0.717) is 6.42 Å². The molecular weight excluding hydrogens is 148 g/mol. The van der Waals surface area contributed by atoms with Gasteiger partial charge in [-0.15, -0.1) is 0 Å². The Kier molecular flexibility index (Phi) is 2.86. The maximum atomic E-state index is 8.98. The van der Waals surface area contributed by atoms with Gasteiger partial charge in [0.2, 0.25) is 0 Å². The van der Waals surface area contributed by atoms with Gasteiger partial charge in [0, 0.05) is 6.42 Å². The van der Waals surface area contributed by atoms with Crippen LogP contribution in [-0.4, -0.2) is 22.9 Å². The van der Waals surface area contributed by atoms with Crippen LogP contribution in [0.25, 0.3) is 0 Å². The van der Waals surface area contributed by atoms with E-state index in [2.05, 4.69) is 0 Å². The second kappa shape index (κ2) is 3.71. The molecule has 1 rings (SSSR count). The van der Waals surface area contributed by atoms with Gasteiger partial charge in [-0.25, -0.2) is 0 Å². The van der Waals surface area contributed by atoms with E-state index in [0.717, 1.165) is 5.56 Å². The molecule has 1 unspecified atom stereocenters. The van der Waals surface area contributed by atoms with Crippen LogP contribution in [0.3, 0.4) is 0 Å². The second-order valence-corrected chi connectivity index (χ2v) is 2.95. The second-order valence-electron chi connectivity index (χ2n) is 2.17. The maximum Gasteiger partial charge on any atom is 0.0811 e. The first-order valence-corrected chi connectivity index (χ1v) is 4.07. The molecule has 0 aliphatic rings. The molecule has 0 saturated heterocycles. The van der Waals surface area contributed by atoms with E-state index in [1.165, 1.54) is 0 Å². The van der Waals surface area contributed by atoms with E-state index < -0.39 is 6.10 Å². The summed E-state index contributed by atoms with van der Waals surface area (Å²) in [7, 11) is 0. The number of aliphatic hydroxyl groups is 2. The molecule has 0 amide bonds. The standard InChI is InChI=1S/C7H10O2S/c8-4-7(9)3-6-1-2-10-5-6/h1-2,5,7-9H,3-4H2. The fraction of sp³-hybridized carbons (Fsp3) is 0.429. The Hall–Kier alpha value is -0.380. The Morgan fingerprint density at radius 1 is 1.60 bits per heavy atom. The van der Waals surface area contributed by atoms with Crippen LogP contribution < -0.4 is 0 Å². The average Bonchev–Trinajstić information content (AvgIpc) is 2.40. The summed E-state index contributed by atoms with van der Waals surface area (Å²) in [5.74, 6) is 0. The van der Waals surface area contributed by atoms with Crippen molar-refractivity contribution < 1.29 is 10.2 Å². The van der Waals surface area contributed by atoms with Crippen LogP contribution >= 0.6 is 11.3 Å². The topological polar surface area (TPSA) is 40.5 Å². The molecule has 0 radical (unpaired) electrons. The van der Waals surface area contributed by atoms with E-state index in [1.54, 1.807) is 11.3 Å². The lowest BCUT2D eigenvalue weighted by Crippen LogP contribution is -2.14. The quantitative estimate of drug-likeness (QED) is 0.678. The smallest absolute Gasteiger partial charge is 0.0811 e. The minimum absolute atomic E-state index is 0.157. The predicted octanol–water partition coefficient (Wildman–Crippen LogP) is 0.644. The zero-order chi connectivity index (χ0) is 7.40. The zero-order valence-corrected chi connectivity index (χ0v) is 6.34. The molecule has 3 heteroatoms. The molecule has 0 saturated carbocycles. The number of aliphatic hydroxyl groups excluding tert-OH is 2. The molecule has 1 aromatic rings. The first-order valence-electron chi connectivity index (χ1n) is 3.13. The third-order valence-electron chi connectivity index (χ3n) is 1.26. The van der Waals surface area contributed by atoms with Crippen LogP contribution in [0.2, 0.25) is 0 Å². The third-order valence-corrected chi connectivity index (χ3v) is 1.99. The predicted molar refractivity (Wildman–Crippen MR) is 41.1 cm³/mol. The van der Waals surface area contributed by atoms with Crippen LogP contribution in [-0.2, 0) is 6.42 Å². The molecule has 0 aliphatic carbocycles. The van der Waals surface area contributed by atoms with Crippen molar-refractivity contribution in [3.8, 4) is 0 Å². The molecule has 0 bridgehead atoms. The Morgan fingerprint density at radius 3 is 2.90 bits per heavy atom. The van der Waals surface area contributed by atoms with Crippen LogP contribution in [0.5, 0.6) is 0 Å². The van der Waals surface area contributed by atoms with Crippen LogP contribution in [0.15, 0.2) is 16.8 Å². The molecule has 0 aromatic carbocycles. The van der Waals surface area contributed by atoms with Gasteiger partial charge in [-0.1, -0.05) is 0 Å². The Morgan fingerprint density at radius 2 is 2.40 bits per heavy atom. The minimum Gasteiger partial charge on any atom is -0.394 e. The summed E-state index contributed by atoms with van der Waals surface area (Å²) in [6, 6.07) is 1.95. The number of rotatable bonds is 3. The molecule has 1 heterocycles. The lowest BCUT2D eigenvalue weighted by molar-refractivity contribution is 0.0956. The average molecular weight is 158 g/mol. The van der Waals surface area contributed by atoms with Crippen molar-refractivity contribution in [3.63, 3.8) is 0 Å². The van der Waals surface area contributed by atoms with E-state index in [4.69, 9.17) is 10.2 Å². The Labute approximate surface area is 63.8 Å². The van der Waals surface area contributed by atoms with Gasteiger partial charge in [0.05, 0.1) is 12.7 Å². The fourth-order valence-electron chi connectivity index (χ4n) is 0.745. The van der Waals surface area contributed by atoms with Crippen molar-refractivity contribution in [1.29, 1.82) is 0 Å². The molecule has 0 aliphatic heterocycles. The normalized spacial score (nSPS) is 13.4. The Bertz CT molecular complexity index is 172. The molecule has 2 N–H and O–H groups in total. The van der Waals surface area contributed by atoms with Crippen LogP contribution in [0, 0.1) is 0 Å². The van der Waals surface area contributed by atoms with Gasteiger partial charge in [0.1, 0.15) is 0 Å². The van der Waals surface area contributed by atoms with Gasteiger partial charge in [-0.2, -0.15) is 11.3 Å². The lowest BCUT2D eigenvalue weighted by atomic mass is 10.2. The highest BCUT2D eigenvalue weighted by atomic mass is 32.1. The molecule has 0 spiro atoms. The summed E-state index contributed by atoms with van der Waals surface area (Å²) in [6.45, 7) is -0.157. The Balaban J connectivity index is 2.40. The first-order chi connectivity index (χ1) is 4.83. The minimum atomic E-state index is -0.602. The largest absolute Gasteiger partial charge is 0.394 e. The van der Waals surface area contributed by atoms with E-state index in [-0.39, 0.29) is 6.61 Å². The van der Waals surface area contributed by atoms with Crippen molar-refractivity contribution in [1.82, 2.24) is 0 Å². The summed E-state index contributed by atoms with van der Waals surface area (Å²) in [4.78, 5) is 0. The highest BCUT2D eigenvalue weighted by molar-refractivity contribution is 7.07. The zero-order valence-electron chi connectivity index (χ0n) is 5.53. The summed E-state index contributed by atoms with van der Waals surface area (Å²) < 4.78 is 0. The van der Waals surface area contributed by atoms with Gasteiger partial charge in [-0.3, -0.25) is 0 Å². The van der Waals surface area contributed by atoms with Crippen molar-refractivity contribution in [2.45, 2.75) is 12.5 Å². The summed E-state index contributed by atoms with van der Waals surface area (Å²) in [5.41, 5.74) is 1.09. The van der Waals surface area contributed by atoms with E-state index in [1.807, 2.05) is 16.8 Å². The first kappa shape index (κ1) is 7.72. The lowest BCUT2D eigenvalue weighted by Gasteiger charge is -2.03. The number of hydrogen-bond donors (Lipinski definition) is 2. The summed E-state index contributed by atoms with van der Waals surface area (Å²) in [5, 5.41) is 21.4. The third kappa shape index (κ3) is 2.10. The number of thiophene rings is 1. The molecular formula is C7H10O2S. The molecule has 0 fully saturated rings. The van der Waals surface area contributed by atoms with Gasteiger partial charge in [0.15, 0.2) is 0 Å². The SMILES string of the molecule is OCC(O)Cc1ccsc1. The van der Waals surface area contributed by atoms with Crippen LogP contribution in [0.1, 0.15) is 5.56 Å². The van der Waals surface area contributed by atoms with Crippen molar-refractivity contribution in [2.75, 3.05) is 6.61 Å². The summed E-state index contributed by atoms with van der Waals surface area (Å²) >= 11 is 1.60. The molecule has 1 atom stereocenters. The highest BCUT2D eigenvalue weighted by Gasteiger charge is 2.02. The maximum absolute atomic E-state index is 8.98. The van der Waals surface area contributed by atoms with Gasteiger partial charge in [0.25, 0.3) is 0 Å². The monoisotopic (exact) mass is 158 g/mol. The van der Waals surface area contributed by atoms with Gasteiger partial charge < -0.3 is 10.2 Å². The van der Waals surface area contributed by atoms with Gasteiger partial charge in [-0.05, 0) is 22.4 Å². The molecule has 10 heavy (non-hydrogen) atoms.